The van der Waals surface area contributed by atoms with Crippen LogP contribution in [0.25, 0.3) is 0 Å². The van der Waals surface area contributed by atoms with Gasteiger partial charge in [-0.25, -0.2) is 9.48 Å². The summed E-state index contributed by atoms with van der Waals surface area (Å²) < 4.78 is 7.09. The van der Waals surface area contributed by atoms with Gasteiger partial charge < -0.3 is 25.0 Å². The lowest BCUT2D eigenvalue weighted by Gasteiger charge is -2.36. The summed E-state index contributed by atoms with van der Waals surface area (Å²) in [7, 11) is -1.64. The van der Waals surface area contributed by atoms with Crippen molar-refractivity contribution in [2.45, 2.75) is 121 Å². The zero-order chi connectivity index (χ0) is 27.8. The number of aromatic nitrogens is 3. The third-order valence-corrected chi connectivity index (χ3v) is 9.55. The monoisotopic (exact) mass is 548 g/mol. The van der Waals surface area contributed by atoms with Crippen molar-refractivity contribution in [3.05, 3.63) is 6.20 Å². The van der Waals surface area contributed by atoms with Gasteiger partial charge in [-0.3, -0.25) is 9.59 Å². The summed E-state index contributed by atoms with van der Waals surface area (Å²) >= 11 is 0. The number of likely N-dealkylation sites (tertiary alicyclic amines) is 1. The van der Waals surface area contributed by atoms with Gasteiger partial charge in [0.15, 0.2) is 0 Å². The van der Waals surface area contributed by atoms with Gasteiger partial charge in [-0.15, -0.1) is 5.10 Å². The third-order valence-electron chi connectivity index (χ3n) is 7.78. The third kappa shape index (κ3) is 6.56. The molecular weight excluding hydrogens is 504 g/mol. The van der Waals surface area contributed by atoms with Crippen molar-refractivity contribution in [2.24, 2.45) is 0 Å². The number of β-amino-alcohol motifs (C(OH)–C–C–N with tert-alkyl or cyclic N) is 1. The Kier molecular flexibility index (Phi) is 8.22. The second kappa shape index (κ2) is 11.0. The van der Waals surface area contributed by atoms with E-state index in [-0.39, 0.29) is 42.9 Å². The second-order valence-electron chi connectivity index (χ2n) is 13.1. The number of carbonyl (C=O) groups is 3. The Labute approximate surface area is 226 Å². The highest BCUT2D eigenvalue weighted by atomic mass is 28.3. The molecule has 12 heteroatoms. The number of fused-ring (bicyclic) bond motifs is 1. The van der Waals surface area contributed by atoms with E-state index in [4.69, 9.17) is 4.74 Å². The van der Waals surface area contributed by atoms with Crippen LogP contribution in [0.15, 0.2) is 6.20 Å². The number of nitrogens with zero attached hydrogens (tertiary/aromatic N) is 5. The largest absolute Gasteiger partial charge is 0.444 e. The van der Waals surface area contributed by atoms with Crippen molar-refractivity contribution in [3.63, 3.8) is 0 Å². The van der Waals surface area contributed by atoms with Gasteiger partial charge in [0.05, 0.1) is 17.5 Å². The standard InChI is InChI=1S/C26H44N6O5Si/c1-26(2,3)37-25(36)27-19-10-8-7-9-17-11-12-18(32(17)24(19)35)13-23(34)30-14-20(21(33)15-30)31-16-22(28-29-31)38(4,5)6/h16-21,33H,7-15H2,1-6H3,(H,27,36)/t17-,18-,19-,20+,21+/m0/s1. The molecule has 38 heavy (non-hydrogen) atoms. The molecule has 3 saturated heterocycles. The predicted molar refractivity (Wildman–Crippen MR) is 145 cm³/mol. The normalized spacial score (nSPS) is 28.6. The Hall–Kier alpha value is -2.47. The summed E-state index contributed by atoms with van der Waals surface area (Å²) in [6, 6.07) is -1.13. The van der Waals surface area contributed by atoms with Crippen molar-refractivity contribution in [1.29, 1.82) is 0 Å². The molecule has 0 radical (unpaired) electrons. The molecule has 0 bridgehead atoms. The van der Waals surface area contributed by atoms with E-state index in [1.807, 2.05) is 11.1 Å². The summed E-state index contributed by atoms with van der Waals surface area (Å²) in [5.41, 5.74) is -0.652. The number of carbonyl (C=O) groups excluding carboxylic acids is 3. The van der Waals surface area contributed by atoms with Gasteiger partial charge in [-0.05, 0) is 46.5 Å². The van der Waals surface area contributed by atoms with Crippen LogP contribution in [0.4, 0.5) is 4.79 Å². The maximum atomic E-state index is 13.6. The molecule has 11 nitrogen and oxygen atoms in total. The number of amides is 3. The summed E-state index contributed by atoms with van der Waals surface area (Å²) in [4.78, 5) is 43.0. The van der Waals surface area contributed by atoms with Crippen LogP contribution < -0.4 is 10.6 Å². The van der Waals surface area contributed by atoms with Crippen LogP contribution in [0, 0.1) is 0 Å². The smallest absolute Gasteiger partial charge is 0.408 e. The Morgan fingerprint density at radius 1 is 1.13 bits per heavy atom. The van der Waals surface area contributed by atoms with E-state index in [1.54, 1.807) is 30.4 Å². The van der Waals surface area contributed by atoms with Gasteiger partial charge in [-0.2, -0.15) is 0 Å². The average molecular weight is 549 g/mol. The van der Waals surface area contributed by atoms with E-state index in [0.717, 1.165) is 37.4 Å². The molecule has 0 spiro atoms. The van der Waals surface area contributed by atoms with Crippen LogP contribution in [0.2, 0.25) is 19.6 Å². The number of hydrogen-bond donors (Lipinski definition) is 2. The van der Waals surface area contributed by atoms with E-state index in [1.165, 1.54) is 0 Å². The number of nitrogens with one attached hydrogen (secondary N) is 1. The topological polar surface area (TPSA) is 130 Å². The Morgan fingerprint density at radius 3 is 2.50 bits per heavy atom. The number of aliphatic hydroxyl groups is 1. The predicted octanol–water partition coefficient (Wildman–Crippen LogP) is 1.78. The summed E-state index contributed by atoms with van der Waals surface area (Å²) in [5, 5.41) is 23.1. The molecule has 0 unspecified atom stereocenters. The molecule has 3 amide bonds. The Balaban J connectivity index is 1.41. The molecule has 3 aliphatic rings. The lowest BCUT2D eigenvalue weighted by atomic mass is 9.99. The molecule has 3 fully saturated rings. The van der Waals surface area contributed by atoms with Crippen molar-refractivity contribution in [3.8, 4) is 0 Å². The highest BCUT2D eigenvalue weighted by Gasteiger charge is 2.44. The molecule has 1 aromatic heterocycles. The van der Waals surface area contributed by atoms with Gasteiger partial charge in [0, 0.05) is 37.8 Å². The van der Waals surface area contributed by atoms with Gasteiger partial charge >= 0.3 is 6.09 Å². The molecule has 4 rings (SSSR count). The van der Waals surface area contributed by atoms with Gasteiger partial charge in [-0.1, -0.05) is 37.7 Å². The van der Waals surface area contributed by atoms with E-state index >= 15 is 0 Å². The van der Waals surface area contributed by atoms with Crippen LogP contribution in [0.5, 0.6) is 0 Å². The lowest BCUT2D eigenvalue weighted by Crippen LogP contribution is -2.54. The number of alkyl carbamates (subject to hydrolysis) is 1. The first-order valence-corrected chi connectivity index (χ1v) is 17.4. The number of aliphatic hydroxyl groups excluding tert-OH is 1. The van der Waals surface area contributed by atoms with Crippen LogP contribution in [-0.2, 0) is 14.3 Å². The van der Waals surface area contributed by atoms with E-state index in [2.05, 4.69) is 35.3 Å². The highest BCUT2D eigenvalue weighted by molar-refractivity contribution is 6.88. The molecule has 2 N–H and O–H groups in total. The molecular formula is C26H44N6O5Si. The van der Waals surface area contributed by atoms with Crippen LogP contribution in [0.3, 0.4) is 0 Å². The quantitative estimate of drug-likeness (QED) is 0.537. The maximum Gasteiger partial charge on any atom is 0.408 e. The molecule has 4 heterocycles. The second-order valence-corrected chi connectivity index (χ2v) is 18.1. The zero-order valence-electron chi connectivity index (χ0n) is 23.6. The van der Waals surface area contributed by atoms with Crippen molar-refractivity contribution in [2.75, 3.05) is 13.1 Å². The molecule has 212 valence electrons. The number of ether oxygens (including phenoxy) is 1. The first-order chi connectivity index (χ1) is 17.7. The lowest BCUT2D eigenvalue weighted by molar-refractivity contribution is -0.139. The van der Waals surface area contributed by atoms with Gasteiger partial charge in [0.2, 0.25) is 11.8 Å². The van der Waals surface area contributed by atoms with Crippen molar-refractivity contribution in [1.82, 2.24) is 30.1 Å². The number of hydrogen-bond acceptors (Lipinski definition) is 7. The molecule has 1 aromatic rings. The summed E-state index contributed by atoms with van der Waals surface area (Å²) in [5.74, 6) is -0.203. The van der Waals surface area contributed by atoms with Gasteiger partial charge in [0.1, 0.15) is 19.7 Å². The van der Waals surface area contributed by atoms with Crippen molar-refractivity contribution < 1.29 is 24.2 Å². The maximum absolute atomic E-state index is 13.6. The minimum absolute atomic E-state index is 0.0748. The minimum Gasteiger partial charge on any atom is -0.444 e. The molecule has 5 atom stereocenters. The Morgan fingerprint density at radius 2 is 1.84 bits per heavy atom. The average Bonchev–Trinajstić information content (AvgIpc) is 3.51. The fourth-order valence-electron chi connectivity index (χ4n) is 5.77. The van der Waals surface area contributed by atoms with Gasteiger partial charge in [0.25, 0.3) is 0 Å². The molecule has 0 aliphatic carbocycles. The molecule has 3 aliphatic heterocycles. The summed E-state index contributed by atoms with van der Waals surface area (Å²) in [6.07, 6.45) is 5.69. The Bertz CT molecular complexity index is 1030. The first kappa shape index (κ1) is 28.5. The van der Waals surface area contributed by atoms with Crippen LogP contribution in [-0.4, -0.2) is 98.8 Å². The SMILES string of the molecule is CC(C)(C)OC(=O)N[C@H]1CCCC[C@H]2CC[C@@H](CC(=O)N3C[C@@H](O)[C@H](n4cc([Si](C)(C)C)nn4)C3)N2C1=O. The van der Waals surface area contributed by atoms with E-state index in [9.17, 15) is 19.5 Å². The minimum atomic E-state index is -1.64. The van der Waals surface area contributed by atoms with Crippen LogP contribution in [0.1, 0.15) is 71.8 Å². The van der Waals surface area contributed by atoms with Crippen molar-refractivity contribution >= 4 is 31.3 Å². The fourth-order valence-corrected chi connectivity index (χ4v) is 6.63. The molecule has 0 aromatic carbocycles. The first-order valence-electron chi connectivity index (χ1n) is 13.9. The molecule has 0 saturated carbocycles. The number of rotatable bonds is 5. The van der Waals surface area contributed by atoms with E-state index in [0.29, 0.717) is 13.0 Å². The highest BCUT2D eigenvalue weighted by Crippen LogP contribution is 2.34. The zero-order valence-corrected chi connectivity index (χ0v) is 24.6. The summed E-state index contributed by atoms with van der Waals surface area (Å²) in [6.45, 7) is 12.5. The van der Waals surface area contributed by atoms with Crippen LogP contribution >= 0.6 is 0 Å². The fraction of sp³-hybridized carbons (Fsp3) is 0.808. The van der Waals surface area contributed by atoms with E-state index < -0.39 is 31.9 Å².